The summed E-state index contributed by atoms with van der Waals surface area (Å²) in [6, 6.07) is 7.93. The van der Waals surface area contributed by atoms with Crippen LogP contribution in [0.25, 0.3) is 0 Å². The normalized spacial score (nSPS) is 27.0. The molecule has 0 amide bonds. The zero-order valence-corrected chi connectivity index (χ0v) is 18.5. The highest BCUT2D eigenvalue weighted by molar-refractivity contribution is 5.81. The maximum atomic E-state index is 12.6. The van der Waals surface area contributed by atoms with Crippen LogP contribution in [-0.2, 0) is 20.7 Å². The maximum Gasteiger partial charge on any atom is 0.330 e. The molecular formula is C26H36O4. The standard InChI is InChI=1S/C26H36O4/c1-3-5-19-7-15-24(16-8-19)30-26(28)22-11-9-20(10-12-22)21-13-17-23(18-14-21)29-25(27)6-4-2/h4,6-8,15-16,20-23H,3,5,9-14,17-18H2,1-2H3/b6-4+/t20-,21-,22-,23-. The number of aryl methyl sites for hydroxylation is 1. The van der Waals surface area contributed by atoms with Crippen molar-refractivity contribution in [1.82, 2.24) is 0 Å². The van der Waals surface area contributed by atoms with E-state index in [1.54, 1.807) is 6.08 Å². The van der Waals surface area contributed by atoms with Gasteiger partial charge in [-0.3, -0.25) is 4.79 Å². The van der Waals surface area contributed by atoms with Gasteiger partial charge in [0.05, 0.1) is 5.92 Å². The summed E-state index contributed by atoms with van der Waals surface area (Å²) in [6.07, 6.45) is 13.7. The van der Waals surface area contributed by atoms with Gasteiger partial charge in [0.25, 0.3) is 0 Å². The monoisotopic (exact) mass is 412 g/mol. The molecule has 1 aromatic carbocycles. The van der Waals surface area contributed by atoms with E-state index < -0.39 is 0 Å². The Hall–Kier alpha value is -2.10. The molecule has 0 spiro atoms. The van der Waals surface area contributed by atoms with Gasteiger partial charge >= 0.3 is 11.9 Å². The molecule has 0 bridgehead atoms. The number of ether oxygens (including phenoxy) is 2. The van der Waals surface area contributed by atoms with Crippen LogP contribution < -0.4 is 4.74 Å². The minimum Gasteiger partial charge on any atom is -0.459 e. The second kappa shape index (κ2) is 11.3. The van der Waals surface area contributed by atoms with E-state index in [2.05, 4.69) is 19.1 Å². The smallest absolute Gasteiger partial charge is 0.330 e. The number of carbonyl (C=O) groups excluding carboxylic acids is 2. The lowest BCUT2D eigenvalue weighted by Gasteiger charge is -2.37. The molecule has 2 aliphatic carbocycles. The number of hydrogen-bond acceptors (Lipinski definition) is 4. The molecule has 1 aromatic rings. The quantitative estimate of drug-likeness (QED) is 0.312. The predicted octanol–water partition coefficient (Wildman–Crippen LogP) is 6.03. The molecule has 3 rings (SSSR count). The molecule has 2 saturated carbocycles. The highest BCUT2D eigenvalue weighted by Crippen LogP contribution is 2.40. The van der Waals surface area contributed by atoms with Crippen LogP contribution in [0.15, 0.2) is 36.4 Å². The molecule has 0 heterocycles. The summed E-state index contributed by atoms with van der Waals surface area (Å²) >= 11 is 0. The Morgan fingerprint density at radius 1 is 0.933 bits per heavy atom. The lowest BCUT2D eigenvalue weighted by Crippen LogP contribution is -2.31. The second-order valence-electron chi connectivity index (χ2n) is 8.90. The Morgan fingerprint density at radius 3 is 2.10 bits per heavy atom. The van der Waals surface area contributed by atoms with Crippen molar-refractivity contribution in [1.29, 1.82) is 0 Å². The molecule has 30 heavy (non-hydrogen) atoms. The van der Waals surface area contributed by atoms with Crippen molar-refractivity contribution < 1.29 is 19.1 Å². The van der Waals surface area contributed by atoms with Crippen LogP contribution in [0.4, 0.5) is 0 Å². The number of rotatable bonds is 7. The van der Waals surface area contributed by atoms with Crippen molar-refractivity contribution in [3.63, 3.8) is 0 Å². The Morgan fingerprint density at radius 2 is 1.53 bits per heavy atom. The van der Waals surface area contributed by atoms with Gasteiger partial charge in [-0.05, 0) is 94.2 Å². The molecular weight excluding hydrogens is 376 g/mol. The molecule has 0 unspecified atom stereocenters. The summed E-state index contributed by atoms with van der Waals surface area (Å²) in [6.45, 7) is 3.99. The first kappa shape index (κ1) is 22.6. The number of allylic oxidation sites excluding steroid dienone is 1. The zero-order valence-electron chi connectivity index (χ0n) is 18.5. The zero-order chi connectivity index (χ0) is 21.3. The van der Waals surface area contributed by atoms with Crippen LogP contribution in [0.3, 0.4) is 0 Å². The molecule has 2 fully saturated rings. The summed E-state index contributed by atoms with van der Waals surface area (Å²) in [5.41, 5.74) is 1.28. The first-order valence-electron chi connectivity index (χ1n) is 11.7. The molecule has 4 nitrogen and oxygen atoms in total. The van der Waals surface area contributed by atoms with E-state index in [0.29, 0.717) is 17.6 Å². The molecule has 4 heteroatoms. The fraction of sp³-hybridized carbons (Fsp3) is 0.615. The third-order valence-corrected chi connectivity index (χ3v) is 6.76. The number of hydrogen-bond donors (Lipinski definition) is 0. The molecule has 0 aromatic heterocycles. The van der Waals surface area contributed by atoms with Crippen LogP contribution in [0.1, 0.15) is 77.2 Å². The molecule has 0 aliphatic heterocycles. The SMILES string of the molecule is C/C=C/C(=O)O[C@H]1CC[C@H]([C@H]2CC[C@H](C(=O)Oc3ccc(CCC)cc3)CC2)CC1. The van der Waals surface area contributed by atoms with Crippen molar-refractivity contribution in [3.05, 3.63) is 42.0 Å². The van der Waals surface area contributed by atoms with E-state index in [-0.39, 0.29) is 24.0 Å². The predicted molar refractivity (Wildman–Crippen MR) is 118 cm³/mol. The van der Waals surface area contributed by atoms with Gasteiger partial charge in [-0.2, -0.15) is 0 Å². The Bertz CT molecular complexity index is 705. The van der Waals surface area contributed by atoms with Crippen molar-refractivity contribution in [2.75, 3.05) is 0 Å². The van der Waals surface area contributed by atoms with Crippen molar-refractivity contribution >= 4 is 11.9 Å². The van der Waals surface area contributed by atoms with Gasteiger partial charge in [0.15, 0.2) is 0 Å². The Labute approximate surface area is 181 Å². The van der Waals surface area contributed by atoms with Crippen molar-refractivity contribution in [2.24, 2.45) is 17.8 Å². The lowest BCUT2D eigenvalue weighted by molar-refractivity contribution is -0.145. The minimum atomic E-state index is -0.222. The molecule has 0 atom stereocenters. The van der Waals surface area contributed by atoms with Gasteiger partial charge in [-0.1, -0.05) is 31.6 Å². The van der Waals surface area contributed by atoms with Crippen molar-refractivity contribution in [3.8, 4) is 5.75 Å². The summed E-state index contributed by atoms with van der Waals surface area (Å²) in [5, 5.41) is 0. The van der Waals surface area contributed by atoms with E-state index in [4.69, 9.17) is 9.47 Å². The molecule has 2 aliphatic rings. The van der Waals surface area contributed by atoms with Gasteiger partial charge in [0.1, 0.15) is 11.9 Å². The van der Waals surface area contributed by atoms with Crippen LogP contribution in [-0.4, -0.2) is 18.0 Å². The van der Waals surface area contributed by atoms with Crippen LogP contribution in [0.2, 0.25) is 0 Å². The summed E-state index contributed by atoms with van der Waals surface area (Å²) in [4.78, 5) is 24.2. The molecule has 164 valence electrons. The fourth-order valence-corrected chi connectivity index (χ4v) is 5.06. The van der Waals surface area contributed by atoms with E-state index >= 15 is 0 Å². The molecule has 0 radical (unpaired) electrons. The van der Waals surface area contributed by atoms with Gasteiger partial charge in [-0.25, -0.2) is 4.79 Å². The highest BCUT2D eigenvalue weighted by atomic mass is 16.5. The van der Waals surface area contributed by atoms with Gasteiger partial charge in [0.2, 0.25) is 0 Å². The van der Waals surface area contributed by atoms with Crippen LogP contribution >= 0.6 is 0 Å². The average molecular weight is 413 g/mol. The molecule has 0 saturated heterocycles. The number of carbonyl (C=O) groups is 2. The first-order chi connectivity index (χ1) is 14.6. The highest BCUT2D eigenvalue weighted by Gasteiger charge is 2.34. The third-order valence-electron chi connectivity index (χ3n) is 6.76. The lowest BCUT2D eigenvalue weighted by atomic mass is 9.70. The van der Waals surface area contributed by atoms with E-state index in [1.807, 2.05) is 19.1 Å². The van der Waals surface area contributed by atoms with Crippen LogP contribution in [0, 0.1) is 17.8 Å². The Kier molecular flexibility index (Phi) is 8.53. The van der Waals surface area contributed by atoms with E-state index in [9.17, 15) is 9.59 Å². The fourth-order valence-electron chi connectivity index (χ4n) is 5.06. The van der Waals surface area contributed by atoms with Crippen molar-refractivity contribution in [2.45, 2.75) is 84.2 Å². The minimum absolute atomic E-state index is 0.0229. The van der Waals surface area contributed by atoms with Gasteiger partial charge < -0.3 is 9.47 Å². The first-order valence-corrected chi connectivity index (χ1v) is 11.7. The number of esters is 2. The summed E-state index contributed by atoms with van der Waals surface area (Å²) < 4.78 is 11.2. The maximum absolute atomic E-state index is 12.6. The average Bonchev–Trinajstić information content (AvgIpc) is 2.76. The van der Waals surface area contributed by atoms with E-state index in [0.717, 1.165) is 64.2 Å². The topological polar surface area (TPSA) is 52.6 Å². The number of benzene rings is 1. The van der Waals surface area contributed by atoms with E-state index in [1.165, 1.54) is 11.6 Å². The summed E-state index contributed by atoms with van der Waals surface area (Å²) in [5.74, 6) is 1.78. The van der Waals surface area contributed by atoms with Gasteiger partial charge in [-0.15, -0.1) is 0 Å². The largest absolute Gasteiger partial charge is 0.459 e. The third kappa shape index (κ3) is 6.45. The van der Waals surface area contributed by atoms with Crippen LogP contribution in [0.5, 0.6) is 5.75 Å². The molecule has 0 N–H and O–H groups in total. The van der Waals surface area contributed by atoms with Gasteiger partial charge in [0, 0.05) is 6.08 Å². The second-order valence-corrected chi connectivity index (χ2v) is 8.90. The Balaban J connectivity index is 1.39. The summed E-state index contributed by atoms with van der Waals surface area (Å²) in [7, 11) is 0.